The summed E-state index contributed by atoms with van der Waals surface area (Å²) in [6, 6.07) is 2.59. The fourth-order valence-corrected chi connectivity index (χ4v) is 3.07. The van der Waals surface area contributed by atoms with Crippen LogP contribution in [-0.2, 0) is 11.0 Å². The van der Waals surface area contributed by atoms with Crippen molar-refractivity contribution >= 4 is 40.5 Å². The van der Waals surface area contributed by atoms with Gasteiger partial charge in [0.05, 0.1) is 27.9 Å². The summed E-state index contributed by atoms with van der Waals surface area (Å²) in [4.78, 5) is 27.4. The number of carboxylic acids is 1. The topological polar surface area (TPSA) is 79.3 Å². The minimum atomic E-state index is -4.57. The summed E-state index contributed by atoms with van der Waals surface area (Å²) >= 11 is 6.68. The van der Waals surface area contributed by atoms with E-state index in [9.17, 15) is 22.8 Å². The Balaban J connectivity index is 2.24. The van der Waals surface area contributed by atoms with Gasteiger partial charge in [0.25, 0.3) is 0 Å². The molecule has 10 heteroatoms. The van der Waals surface area contributed by atoms with Gasteiger partial charge in [0.15, 0.2) is 0 Å². The first-order chi connectivity index (χ1) is 11.5. The summed E-state index contributed by atoms with van der Waals surface area (Å²) < 4.78 is 38.3. The number of aromatic nitrogens is 1. The van der Waals surface area contributed by atoms with E-state index in [0.29, 0.717) is 0 Å². The van der Waals surface area contributed by atoms with Crippen LogP contribution in [0.2, 0.25) is 5.02 Å². The summed E-state index contributed by atoms with van der Waals surface area (Å²) in [7, 11) is 0. The van der Waals surface area contributed by atoms with Gasteiger partial charge in [-0.05, 0) is 32.0 Å². The van der Waals surface area contributed by atoms with Crippen molar-refractivity contribution < 1.29 is 27.9 Å². The number of carboxylic acid groups (broad SMARTS) is 1. The number of hydrogen-bond acceptors (Lipinski definition) is 4. The maximum absolute atomic E-state index is 12.8. The molecule has 0 radical (unpaired) electrons. The summed E-state index contributed by atoms with van der Waals surface area (Å²) in [6.45, 7) is 2.97. The molecule has 134 valence electrons. The number of rotatable bonds is 4. The molecule has 1 heterocycles. The minimum Gasteiger partial charge on any atom is -0.477 e. The van der Waals surface area contributed by atoms with Gasteiger partial charge >= 0.3 is 12.1 Å². The fourth-order valence-electron chi connectivity index (χ4n) is 1.95. The predicted octanol–water partition coefficient (Wildman–Crippen LogP) is 4.56. The zero-order valence-electron chi connectivity index (χ0n) is 12.9. The van der Waals surface area contributed by atoms with E-state index in [1.54, 1.807) is 0 Å². The highest BCUT2D eigenvalue weighted by atomic mass is 35.5. The van der Waals surface area contributed by atoms with Crippen molar-refractivity contribution in [2.24, 2.45) is 0 Å². The predicted molar refractivity (Wildman–Crippen MR) is 87.3 cm³/mol. The van der Waals surface area contributed by atoms with Gasteiger partial charge in [-0.15, -0.1) is 11.3 Å². The van der Waals surface area contributed by atoms with Gasteiger partial charge in [-0.3, -0.25) is 4.79 Å². The molecule has 0 spiro atoms. The first-order valence-corrected chi connectivity index (χ1v) is 8.08. The van der Waals surface area contributed by atoms with Crippen molar-refractivity contribution in [2.75, 3.05) is 5.32 Å². The van der Waals surface area contributed by atoms with Crippen LogP contribution in [0, 0.1) is 6.92 Å². The lowest BCUT2D eigenvalue weighted by Gasteiger charge is -2.13. The Morgan fingerprint density at radius 1 is 1.36 bits per heavy atom. The van der Waals surface area contributed by atoms with Crippen molar-refractivity contribution in [3.8, 4) is 0 Å². The van der Waals surface area contributed by atoms with E-state index < -0.39 is 29.5 Å². The van der Waals surface area contributed by atoms with Crippen molar-refractivity contribution in [1.29, 1.82) is 0 Å². The first kappa shape index (κ1) is 19.2. The van der Waals surface area contributed by atoms with E-state index in [-0.39, 0.29) is 26.3 Å². The molecule has 0 saturated heterocycles. The Morgan fingerprint density at radius 2 is 2.00 bits per heavy atom. The van der Waals surface area contributed by atoms with E-state index in [1.165, 1.54) is 13.8 Å². The minimum absolute atomic E-state index is 0.00625. The van der Waals surface area contributed by atoms with Crippen molar-refractivity contribution in [2.45, 2.75) is 25.9 Å². The largest absolute Gasteiger partial charge is 0.477 e. The van der Waals surface area contributed by atoms with E-state index in [0.717, 1.165) is 29.5 Å². The maximum Gasteiger partial charge on any atom is 0.416 e. The van der Waals surface area contributed by atoms with Crippen LogP contribution in [0.5, 0.6) is 0 Å². The molecule has 2 rings (SSSR count). The normalized spacial score (nSPS) is 12.7. The SMILES string of the molecule is Cc1nc([C@@H](C)C(=O)Nc2cc(C(F)(F)F)ccc2Cl)sc1C(=O)O. The molecular weight excluding hydrogens is 381 g/mol. The van der Waals surface area contributed by atoms with E-state index in [2.05, 4.69) is 10.3 Å². The van der Waals surface area contributed by atoms with Crippen LogP contribution in [0.15, 0.2) is 18.2 Å². The number of carbonyl (C=O) groups excluding carboxylic acids is 1. The molecule has 0 saturated carbocycles. The van der Waals surface area contributed by atoms with Crippen LogP contribution < -0.4 is 5.32 Å². The zero-order chi connectivity index (χ0) is 18.9. The van der Waals surface area contributed by atoms with Gasteiger partial charge in [0.1, 0.15) is 9.88 Å². The molecule has 0 aliphatic heterocycles. The fraction of sp³-hybridized carbons (Fsp3) is 0.267. The Morgan fingerprint density at radius 3 is 2.52 bits per heavy atom. The molecular formula is C15H12ClF3N2O3S. The summed E-state index contributed by atoms with van der Waals surface area (Å²) in [5, 5.41) is 11.6. The number of aryl methyl sites for hydroxylation is 1. The third-order valence-corrected chi connectivity index (χ3v) is 4.98. The number of halogens is 4. The number of anilines is 1. The second-order valence-corrected chi connectivity index (χ2v) is 6.61. The maximum atomic E-state index is 12.8. The average molecular weight is 393 g/mol. The molecule has 0 aliphatic carbocycles. The summed E-state index contributed by atoms with van der Waals surface area (Å²) in [5.74, 6) is -2.66. The van der Waals surface area contributed by atoms with Gasteiger partial charge in [0.2, 0.25) is 5.91 Å². The number of thiazole rings is 1. The standard InChI is InChI=1S/C15H12ClF3N2O3S/c1-6(13-20-7(2)11(25-13)14(23)24)12(22)21-10-5-8(15(17,18)19)3-4-9(10)16/h3-6H,1-2H3,(H,21,22)(H,23,24)/t6-/m0/s1. The molecule has 25 heavy (non-hydrogen) atoms. The quantitative estimate of drug-likeness (QED) is 0.799. The van der Waals surface area contributed by atoms with Gasteiger partial charge in [-0.1, -0.05) is 11.6 Å². The second-order valence-electron chi connectivity index (χ2n) is 5.18. The highest BCUT2D eigenvalue weighted by molar-refractivity contribution is 7.13. The van der Waals surface area contributed by atoms with Gasteiger partial charge < -0.3 is 10.4 Å². The van der Waals surface area contributed by atoms with Crippen LogP contribution in [-0.4, -0.2) is 22.0 Å². The molecule has 2 aromatic rings. The first-order valence-electron chi connectivity index (χ1n) is 6.89. The monoisotopic (exact) mass is 392 g/mol. The molecule has 1 amide bonds. The number of benzene rings is 1. The lowest BCUT2D eigenvalue weighted by atomic mass is 10.1. The average Bonchev–Trinajstić information content (AvgIpc) is 2.89. The smallest absolute Gasteiger partial charge is 0.416 e. The highest BCUT2D eigenvalue weighted by Crippen LogP contribution is 2.34. The number of alkyl halides is 3. The number of carbonyl (C=O) groups is 2. The number of aromatic carboxylic acids is 1. The van der Waals surface area contributed by atoms with Crippen LogP contribution in [0.25, 0.3) is 0 Å². The lowest BCUT2D eigenvalue weighted by molar-refractivity contribution is -0.137. The second kappa shape index (κ2) is 7.01. The molecule has 5 nitrogen and oxygen atoms in total. The molecule has 1 aromatic heterocycles. The van der Waals surface area contributed by atoms with Crippen molar-refractivity contribution in [3.63, 3.8) is 0 Å². The highest BCUT2D eigenvalue weighted by Gasteiger charge is 2.31. The van der Waals surface area contributed by atoms with E-state index >= 15 is 0 Å². The van der Waals surface area contributed by atoms with Crippen LogP contribution in [0.4, 0.5) is 18.9 Å². The number of amides is 1. The van der Waals surface area contributed by atoms with Crippen LogP contribution in [0.3, 0.4) is 0 Å². The number of hydrogen-bond donors (Lipinski definition) is 2. The van der Waals surface area contributed by atoms with E-state index in [1.807, 2.05) is 0 Å². The van der Waals surface area contributed by atoms with Crippen molar-refractivity contribution in [3.05, 3.63) is 44.4 Å². The molecule has 0 fully saturated rings. The Bertz CT molecular complexity index is 836. The van der Waals surface area contributed by atoms with Crippen LogP contribution in [0.1, 0.15) is 38.8 Å². The Labute approximate surface area is 149 Å². The van der Waals surface area contributed by atoms with Crippen molar-refractivity contribution in [1.82, 2.24) is 4.98 Å². The van der Waals surface area contributed by atoms with E-state index in [4.69, 9.17) is 16.7 Å². The molecule has 1 atom stereocenters. The summed E-state index contributed by atoms with van der Waals surface area (Å²) in [6.07, 6.45) is -4.57. The zero-order valence-corrected chi connectivity index (χ0v) is 14.5. The summed E-state index contributed by atoms with van der Waals surface area (Å²) in [5.41, 5.74) is -0.859. The third kappa shape index (κ3) is 4.29. The molecule has 0 aliphatic rings. The third-order valence-electron chi connectivity index (χ3n) is 3.32. The Kier molecular flexibility index (Phi) is 5.38. The van der Waals surface area contributed by atoms with Crippen LogP contribution >= 0.6 is 22.9 Å². The lowest BCUT2D eigenvalue weighted by Crippen LogP contribution is -2.19. The molecule has 2 N–H and O–H groups in total. The molecule has 0 bridgehead atoms. The number of nitrogens with zero attached hydrogens (tertiary/aromatic N) is 1. The molecule has 1 aromatic carbocycles. The molecule has 0 unspecified atom stereocenters. The van der Waals surface area contributed by atoms with Gasteiger partial charge in [-0.25, -0.2) is 9.78 Å². The van der Waals surface area contributed by atoms with Gasteiger partial charge in [-0.2, -0.15) is 13.2 Å². The van der Waals surface area contributed by atoms with Gasteiger partial charge in [0, 0.05) is 0 Å². The number of nitrogens with one attached hydrogen (secondary N) is 1. The Hall–Kier alpha value is -2.13.